The molecule has 1 aliphatic carbocycles. The fourth-order valence-electron chi connectivity index (χ4n) is 7.93. The maximum atomic E-state index is 10.5. The van der Waals surface area contributed by atoms with Crippen LogP contribution in [0.4, 0.5) is 0 Å². The summed E-state index contributed by atoms with van der Waals surface area (Å²) in [5.74, 6) is 0. The van der Waals surface area contributed by atoms with E-state index in [0.717, 1.165) is 62.4 Å². The van der Waals surface area contributed by atoms with Gasteiger partial charge in [-0.1, -0.05) is 66.7 Å². The van der Waals surface area contributed by atoms with Crippen LogP contribution < -0.4 is 0 Å². The molecule has 228 valence electrons. The van der Waals surface area contributed by atoms with E-state index in [1.807, 2.05) is 53.8 Å². The second kappa shape index (κ2) is 10.6. The summed E-state index contributed by atoms with van der Waals surface area (Å²) in [7, 11) is 0. The number of nitriles is 2. The topological polar surface area (TPSA) is 57.4 Å². The molecule has 0 bridgehead atoms. The van der Waals surface area contributed by atoms with Crippen LogP contribution in [0.15, 0.2) is 133 Å². The molecule has 10 rings (SSSR count). The molecule has 0 atom stereocenters. The van der Waals surface area contributed by atoms with Gasteiger partial charge in [-0.2, -0.15) is 10.5 Å². The molecule has 0 fully saturated rings. The zero-order chi connectivity index (χ0) is 32.6. The van der Waals surface area contributed by atoms with Crippen LogP contribution in [-0.4, -0.2) is 9.13 Å². The van der Waals surface area contributed by atoms with Gasteiger partial charge in [0.2, 0.25) is 0 Å². The average molecular weight is 643 g/mol. The van der Waals surface area contributed by atoms with Crippen LogP contribution >= 0.6 is 11.3 Å². The minimum Gasteiger partial charge on any atom is -0.309 e. The van der Waals surface area contributed by atoms with Crippen molar-refractivity contribution < 1.29 is 0 Å². The molecule has 0 N–H and O–H groups in total. The third-order valence-electron chi connectivity index (χ3n) is 10.00. The molecule has 0 radical (unpaired) electrons. The highest BCUT2D eigenvalue weighted by atomic mass is 32.1. The maximum absolute atomic E-state index is 10.5. The molecule has 0 saturated heterocycles. The van der Waals surface area contributed by atoms with Crippen molar-refractivity contribution in [3.05, 3.63) is 145 Å². The Morgan fingerprint density at radius 3 is 2.24 bits per heavy atom. The Kier molecular flexibility index (Phi) is 5.96. The number of benzene rings is 6. The number of para-hydroxylation sites is 1. The Labute approximate surface area is 285 Å². The van der Waals surface area contributed by atoms with Gasteiger partial charge in [0, 0.05) is 53.0 Å². The Hall–Kier alpha value is -6.40. The lowest BCUT2D eigenvalue weighted by molar-refractivity contribution is 1.02. The number of nitrogens with zero attached hydrogens (tertiary/aromatic N) is 4. The highest BCUT2D eigenvalue weighted by Gasteiger charge is 2.22. The molecule has 0 aliphatic heterocycles. The third-order valence-corrected chi connectivity index (χ3v) is 11.1. The summed E-state index contributed by atoms with van der Waals surface area (Å²) in [6, 6.07) is 44.9. The van der Waals surface area contributed by atoms with Crippen LogP contribution in [0.5, 0.6) is 0 Å². The monoisotopic (exact) mass is 642 g/mol. The minimum atomic E-state index is 0.615. The first-order valence-corrected chi connectivity index (χ1v) is 17.3. The smallest absolute Gasteiger partial charge is 0.0998 e. The molecule has 6 aromatic carbocycles. The predicted octanol–water partition coefficient (Wildman–Crippen LogP) is 11.9. The summed E-state index contributed by atoms with van der Waals surface area (Å²) in [5.41, 5.74) is 9.65. The Morgan fingerprint density at radius 2 is 1.39 bits per heavy atom. The number of allylic oxidation sites excluding steroid dienone is 4. The quantitative estimate of drug-likeness (QED) is 0.193. The van der Waals surface area contributed by atoms with Gasteiger partial charge in [-0.25, -0.2) is 0 Å². The molecule has 49 heavy (non-hydrogen) atoms. The average Bonchev–Trinajstić information content (AvgIpc) is 3.81. The van der Waals surface area contributed by atoms with Gasteiger partial charge in [0.05, 0.1) is 51.0 Å². The van der Waals surface area contributed by atoms with Crippen LogP contribution in [0.2, 0.25) is 0 Å². The molecule has 0 unspecified atom stereocenters. The van der Waals surface area contributed by atoms with Gasteiger partial charge in [-0.3, -0.25) is 0 Å². The van der Waals surface area contributed by atoms with Crippen LogP contribution in [-0.2, 0) is 0 Å². The van der Waals surface area contributed by atoms with E-state index >= 15 is 0 Å². The summed E-state index contributed by atoms with van der Waals surface area (Å²) in [6.07, 6.45) is 8.94. The van der Waals surface area contributed by atoms with Gasteiger partial charge in [0.15, 0.2) is 0 Å². The van der Waals surface area contributed by atoms with E-state index in [4.69, 9.17) is 0 Å². The lowest BCUT2D eigenvalue weighted by Crippen LogP contribution is -2.00. The molecular weight excluding hydrogens is 617 g/mol. The van der Waals surface area contributed by atoms with Gasteiger partial charge in [0.25, 0.3) is 0 Å². The van der Waals surface area contributed by atoms with E-state index in [0.29, 0.717) is 11.1 Å². The van der Waals surface area contributed by atoms with E-state index < -0.39 is 0 Å². The van der Waals surface area contributed by atoms with Crippen LogP contribution in [0, 0.1) is 22.7 Å². The van der Waals surface area contributed by atoms with Gasteiger partial charge in [-0.15, -0.1) is 11.3 Å². The van der Waals surface area contributed by atoms with Crippen molar-refractivity contribution in [3.63, 3.8) is 0 Å². The van der Waals surface area contributed by atoms with Crippen LogP contribution in [0.3, 0.4) is 0 Å². The van der Waals surface area contributed by atoms with Crippen molar-refractivity contribution >= 4 is 80.8 Å². The highest BCUT2D eigenvalue weighted by Crippen LogP contribution is 2.45. The Bertz CT molecular complexity index is 3020. The molecule has 0 spiro atoms. The van der Waals surface area contributed by atoms with E-state index in [1.54, 1.807) is 0 Å². The maximum Gasteiger partial charge on any atom is 0.0998 e. The zero-order valence-corrected chi connectivity index (χ0v) is 27.1. The summed E-state index contributed by atoms with van der Waals surface area (Å²) in [4.78, 5) is 0. The fourth-order valence-corrected chi connectivity index (χ4v) is 9.04. The van der Waals surface area contributed by atoms with Crippen molar-refractivity contribution in [2.45, 2.75) is 12.8 Å². The molecular formula is C44H26N4S. The highest BCUT2D eigenvalue weighted by molar-refractivity contribution is 7.26. The molecule has 0 saturated carbocycles. The number of hydrogen-bond donors (Lipinski definition) is 0. The first-order chi connectivity index (χ1) is 24.2. The lowest BCUT2D eigenvalue weighted by Gasteiger charge is -2.16. The Balaban J connectivity index is 1.31. The van der Waals surface area contributed by atoms with E-state index in [-0.39, 0.29) is 0 Å². The first-order valence-electron chi connectivity index (χ1n) is 16.5. The molecule has 0 amide bonds. The van der Waals surface area contributed by atoms with Crippen molar-refractivity contribution in [3.8, 4) is 29.0 Å². The van der Waals surface area contributed by atoms with Crippen molar-refractivity contribution in [1.82, 2.24) is 9.13 Å². The standard InChI is InChI=1S/C44H26N4S/c45-25-27-17-20-38-34(23-27)31-12-4-6-14-36(31)48(38)39-15-8-9-29(26-46)42(39)28-18-21-37-35(24-28)32-19-22-41-43(33-13-5-7-16-40(33)49-41)44(32)47(37)30-10-2-1-3-11-30/h2,4-24H,1,3H2. The molecule has 3 heterocycles. The van der Waals surface area contributed by atoms with Crippen LogP contribution in [0.1, 0.15) is 24.0 Å². The molecule has 1 aliphatic rings. The lowest BCUT2D eigenvalue weighted by atomic mass is 9.96. The van der Waals surface area contributed by atoms with Crippen molar-refractivity contribution in [1.29, 1.82) is 10.5 Å². The van der Waals surface area contributed by atoms with Crippen LogP contribution in [0.25, 0.3) is 86.3 Å². The summed E-state index contributed by atoms with van der Waals surface area (Å²) < 4.78 is 7.26. The van der Waals surface area contributed by atoms with Gasteiger partial charge < -0.3 is 9.13 Å². The summed E-state index contributed by atoms with van der Waals surface area (Å²) in [5, 5.41) is 27.2. The number of hydrogen-bond acceptors (Lipinski definition) is 3. The van der Waals surface area contributed by atoms with E-state index in [9.17, 15) is 10.5 Å². The number of fused-ring (bicyclic) bond motifs is 10. The predicted molar refractivity (Wildman–Crippen MR) is 204 cm³/mol. The minimum absolute atomic E-state index is 0.615. The van der Waals surface area contributed by atoms with Crippen molar-refractivity contribution in [2.24, 2.45) is 0 Å². The van der Waals surface area contributed by atoms with E-state index in [2.05, 4.69) is 112 Å². The van der Waals surface area contributed by atoms with E-state index in [1.165, 1.54) is 36.8 Å². The molecule has 9 aromatic rings. The second-order valence-corrected chi connectivity index (χ2v) is 13.7. The van der Waals surface area contributed by atoms with Gasteiger partial charge in [-0.05, 0) is 85.1 Å². The zero-order valence-electron chi connectivity index (χ0n) is 26.3. The number of aromatic nitrogens is 2. The summed E-state index contributed by atoms with van der Waals surface area (Å²) in [6.45, 7) is 0. The van der Waals surface area contributed by atoms with Gasteiger partial charge in [0.1, 0.15) is 0 Å². The largest absolute Gasteiger partial charge is 0.309 e. The SMILES string of the molecule is N#Cc1ccc2c(c1)c1ccccc1n2-c1cccc(C#N)c1-c1ccc2c(c1)c1ccc3sc4ccccc4c3c1n2C1=CCCC=C1. The Morgan fingerprint density at radius 1 is 0.592 bits per heavy atom. The molecule has 3 aromatic heterocycles. The molecule has 4 nitrogen and oxygen atoms in total. The first kappa shape index (κ1) is 27.7. The normalized spacial score (nSPS) is 13.1. The number of thiophene rings is 1. The molecule has 5 heteroatoms. The third kappa shape index (κ3) is 3.94. The summed E-state index contributed by atoms with van der Waals surface area (Å²) >= 11 is 1.84. The number of rotatable bonds is 3. The second-order valence-electron chi connectivity index (χ2n) is 12.6. The van der Waals surface area contributed by atoms with Gasteiger partial charge >= 0.3 is 0 Å². The fraction of sp³-hybridized carbons (Fsp3) is 0.0455. The van der Waals surface area contributed by atoms with Crippen molar-refractivity contribution in [2.75, 3.05) is 0 Å².